The highest BCUT2D eigenvalue weighted by atomic mass is 31.3. The molecule has 0 saturated carbocycles. The fourth-order valence-electron chi connectivity index (χ4n) is 2.62. The van der Waals surface area contributed by atoms with Gasteiger partial charge in [-0.2, -0.15) is 8.62 Å². The van der Waals surface area contributed by atoms with Crippen molar-refractivity contribution in [2.75, 3.05) is 12.3 Å². The van der Waals surface area contributed by atoms with Gasteiger partial charge in [-0.05, 0) is 0 Å². The van der Waals surface area contributed by atoms with Crippen LogP contribution in [0.3, 0.4) is 0 Å². The molecule has 3 heterocycles. The Morgan fingerprint density at radius 3 is 2.50 bits per heavy atom. The van der Waals surface area contributed by atoms with E-state index in [4.69, 9.17) is 25.2 Å². The average Bonchev–Trinajstić information content (AvgIpc) is 3.13. The Morgan fingerprint density at radius 1 is 1.13 bits per heavy atom. The third-order valence-corrected chi connectivity index (χ3v) is 7.47. The van der Waals surface area contributed by atoms with Crippen molar-refractivity contribution in [2.24, 2.45) is 0 Å². The highest BCUT2D eigenvalue weighted by Crippen LogP contribution is 2.66. The minimum atomic E-state index is -5.62. The van der Waals surface area contributed by atoms with Gasteiger partial charge in [0.1, 0.15) is 17.9 Å². The van der Waals surface area contributed by atoms with Gasteiger partial charge >= 0.3 is 23.5 Å². The van der Waals surface area contributed by atoms with E-state index >= 15 is 0 Å². The van der Waals surface area contributed by atoms with Crippen LogP contribution >= 0.6 is 23.5 Å². The summed E-state index contributed by atoms with van der Waals surface area (Å²) in [6.07, 6.45) is -0.711. The fraction of sp³-hybridized carbons (Fsp3) is 0.500. The number of nitrogens with two attached hydrogens (primary N) is 1. The molecule has 20 heteroatoms. The van der Waals surface area contributed by atoms with Crippen LogP contribution in [0.25, 0.3) is 11.2 Å². The number of aromatic nitrogens is 4. The first-order chi connectivity index (χ1) is 13.8. The predicted molar refractivity (Wildman–Crippen MR) is 94.1 cm³/mol. The lowest BCUT2D eigenvalue weighted by molar-refractivity contribution is -0.0481. The zero-order valence-corrected chi connectivity index (χ0v) is 17.3. The molecule has 3 unspecified atom stereocenters. The van der Waals surface area contributed by atoms with Crippen LogP contribution in [0.5, 0.6) is 0 Å². The zero-order valence-electron chi connectivity index (χ0n) is 14.6. The molecule has 0 bridgehead atoms. The van der Waals surface area contributed by atoms with Crippen LogP contribution in [-0.2, 0) is 31.6 Å². The Labute approximate surface area is 166 Å². The Bertz CT molecular complexity index is 1070. The molecule has 0 aliphatic carbocycles. The van der Waals surface area contributed by atoms with Gasteiger partial charge in [0.05, 0.1) is 19.0 Å². The molecule has 0 amide bonds. The molecule has 2 aromatic rings. The minimum Gasteiger partial charge on any atom is -0.388 e. The monoisotopic (exact) mass is 491 g/mol. The van der Waals surface area contributed by atoms with Gasteiger partial charge in [-0.25, -0.2) is 28.6 Å². The number of aliphatic hydroxyl groups excluding tert-OH is 1. The SMILES string of the molecule is Nc1ncnc2c1ncn2C1O[C@H](COP(=O)(O)OP(=O)(O)OP(=O)(O)O)C[C@@H]1O. The summed E-state index contributed by atoms with van der Waals surface area (Å²) in [5.41, 5.74) is 6.22. The second kappa shape index (κ2) is 8.31. The number of hydrogen-bond donors (Lipinski definition) is 6. The second-order valence-corrected chi connectivity index (χ2v) is 10.3. The van der Waals surface area contributed by atoms with Gasteiger partial charge in [-0.1, -0.05) is 0 Å². The van der Waals surface area contributed by atoms with Gasteiger partial charge in [0, 0.05) is 6.42 Å². The van der Waals surface area contributed by atoms with Crippen LogP contribution in [-0.4, -0.2) is 63.0 Å². The summed E-state index contributed by atoms with van der Waals surface area (Å²) >= 11 is 0. The molecule has 168 valence electrons. The molecule has 0 spiro atoms. The normalized spacial score (nSPS) is 26.5. The first-order valence-electron chi connectivity index (χ1n) is 7.81. The molecule has 2 aromatic heterocycles. The molecular weight excluding hydrogens is 475 g/mol. The Hall–Kier alpha value is -1.32. The summed E-state index contributed by atoms with van der Waals surface area (Å²) in [6, 6.07) is 0. The van der Waals surface area contributed by atoms with Crippen LogP contribution in [0.2, 0.25) is 0 Å². The first-order valence-corrected chi connectivity index (χ1v) is 12.3. The molecule has 3 rings (SSSR count). The lowest BCUT2D eigenvalue weighted by Crippen LogP contribution is -2.19. The number of ether oxygens (including phenoxy) is 1. The summed E-state index contributed by atoms with van der Waals surface area (Å²) in [6.45, 7) is -0.693. The van der Waals surface area contributed by atoms with E-state index in [0.29, 0.717) is 0 Å². The molecule has 1 saturated heterocycles. The maximum Gasteiger partial charge on any atom is 0.490 e. The number of fused-ring (bicyclic) bond motifs is 1. The summed E-state index contributed by atoms with van der Waals surface area (Å²) in [5.74, 6) is 0.107. The first kappa shape index (κ1) is 23.3. The van der Waals surface area contributed by atoms with Crippen molar-refractivity contribution in [1.29, 1.82) is 0 Å². The molecule has 0 aromatic carbocycles. The summed E-state index contributed by atoms with van der Waals surface area (Å²) < 4.78 is 52.3. The zero-order chi connectivity index (χ0) is 22.3. The van der Waals surface area contributed by atoms with Gasteiger partial charge in [-0.15, -0.1) is 0 Å². The smallest absolute Gasteiger partial charge is 0.388 e. The Morgan fingerprint density at radius 2 is 1.83 bits per heavy atom. The third-order valence-electron chi connectivity index (χ3n) is 3.67. The van der Waals surface area contributed by atoms with E-state index in [0.717, 1.165) is 0 Å². The van der Waals surface area contributed by atoms with Gasteiger partial charge in [-0.3, -0.25) is 9.09 Å². The van der Waals surface area contributed by atoms with Gasteiger partial charge < -0.3 is 35.2 Å². The van der Waals surface area contributed by atoms with Crippen molar-refractivity contribution < 1.29 is 56.3 Å². The van der Waals surface area contributed by atoms with E-state index in [1.54, 1.807) is 0 Å². The van der Waals surface area contributed by atoms with Gasteiger partial charge in [0.2, 0.25) is 0 Å². The average molecular weight is 491 g/mol. The summed E-state index contributed by atoms with van der Waals surface area (Å²) in [7, 11) is -16.4. The van der Waals surface area contributed by atoms with Crippen molar-refractivity contribution in [1.82, 2.24) is 19.5 Å². The fourth-order valence-corrected chi connectivity index (χ4v) is 5.67. The largest absolute Gasteiger partial charge is 0.490 e. The number of phosphoric acid groups is 3. The number of anilines is 1. The van der Waals surface area contributed by atoms with E-state index in [-0.39, 0.29) is 23.4 Å². The number of imidazole rings is 1. The molecule has 1 aliphatic heterocycles. The topological polar surface area (TPSA) is 259 Å². The van der Waals surface area contributed by atoms with E-state index < -0.39 is 48.5 Å². The molecule has 1 fully saturated rings. The second-order valence-electron chi connectivity index (χ2n) is 5.92. The summed E-state index contributed by atoms with van der Waals surface area (Å²) in [4.78, 5) is 47.4. The van der Waals surface area contributed by atoms with Crippen molar-refractivity contribution in [2.45, 2.75) is 24.9 Å². The molecular formula is C10H16N5O12P3. The van der Waals surface area contributed by atoms with E-state index in [9.17, 15) is 23.7 Å². The molecule has 30 heavy (non-hydrogen) atoms. The lowest BCUT2D eigenvalue weighted by atomic mass is 10.2. The van der Waals surface area contributed by atoms with E-state index in [2.05, 4.69) is 28.1 Å². The molecule has 5 atom stereocenters. The number of nitrogen functional groups attached to an aromatic ring is 1. The van der Waals surface area contributed by atoms with Crippen LogP contribution in [0.4, 0.5) is 5.82 Å². The van der Waals surface area contributed by atoms with Crippen LogP contribution in [0, 0.1) is 0 Å². The highest BCUT2D eigenvalue weighted by Gasteiger charge is 2.42. The molecule has 0 radical (unpaired) electrons. The molecule has 1 aliphatic rings. The number of rotatable bonds is 8. The maximum atomic E-state index is 11.8. The predicted octanol–water partition coefficient (Wildman–Crippen LogP) is -0.600. The highest BCUT2D eigenvalue weighted by molar-refractivity contribution is 7.66. The van der Waals surface area contributed by atoms with Crippen molar-refractivity contribution in [3.63, 3.8) is 0 Å². The number of phosphoric ester groups is 1. The van der Waals surface area contributed by atoms with Crippen molar-refractivity contribution in [3.8, 4) is 0 Å². The number of hydrogen-bond acceptors (Lipinski definition) is 12. The maximum absolute atomic E-state index is 11.8. The molecule has 17 nitrogen and oxygen atoms in total. The standard InChI is InChI=1S/C10H16N5O12P3/c11-8-7-9(13-3-12-8)15(4-14-7)10-6(16)1-5(25-10)2-24-29(20,21)27-30(22,23)26-28(17,18)19/h3-6,10,16H,1-2H2,(H,20,21)(H,22,23)(H2,11,12,13)(H2,17,18,19)/t5-,6-,10?/m0/s1. The van der Waals surface area contributed by atoms with Crippen LogP contribution in [0.1, 0.15) is 12.6 Å². The number of nitrogens with zero attached hydrogens (tertiary/aromatic N) is 4. The van der Waals surface area contributed by atoms with Crippen molar-refractivity contribution >= 4 is 40.4 Å². The van der Waals surface area contributed by atoms with Crippen LogP contribution in [0.15, 0.2) is 12.7 Å². The molecule has 7 N–H and O–H groups in total. The summed E-state index contributed by atoms with van der Waals surface area (Å²) in [5, 5.41) is 10.2. The van der Waals surface area contributed by atoms with Gasteiger partial charge in [0.25, 0.3) is 0 Å². The quantitative estimate of drug-likeness (QED) is 0.252. The van der Waals surface area contributed by atoms with E-state index in [1.807, 2.05) is 0 Å². The van der Waals surface area contributed by atoms with E-state index in [1.165, 1.54) is 17.2 Å². The van der Waals surface area contributed by atoms with Crippen molar-refractivity contribution in [3.05, 3.63) is 12.7 Å². The minimum absolute atomic E-state index is 0.0827. The lowest BCUT2D eigenvalue weighted by Gasteiger charge is -2.18. The van der Waals surface area contributed by atoms with Gasteiger partial charge in [0.15, 0.2) is 17.7 Å². The third kappa shape index (κ3) is 5.68. The Balaban J connectivity index is 1.63. The number of aliphatic hydroxyl groups is 1. The Kier molecular flexibility index (Phi) is 6.47. The van der Waals surface area contributed by atoms with Crippen LogP contribution < -0.4 is 5.73 Å².